The second-order valence-corrected chi connectivity index (χ2v) is 5.63. The molecule has 0 fully saturated rings. The molecule has 0 aliphatic heterocycles. The summed E-state index contributed by atoms with van der Waals surface area (Å²) < 4.78 is 7.08. The Hall–Kier alpha value is -2.82. The zero-order valence-corrected chi connectivity index (χ0v) is 13.9. The van der Waals surface area contributed by atoms with Crippen LogP contribution in [0.1, 0.15) is 37.2 Å². The molecule has 2 aromatic heterocycles. The van der Waals surface area contributed by atoms with E-state index in [1.54, 1.807) is 23.1 Å². The van der Waals surface area contributed by atoms with Crippen molar-refractivity contribution in [3.8, 4) is 17.1 Å². The van der Waals surface area contributed by atoms with Crippen molar-refractivity contribution in [3.05, 3.63) is 60.5 Å². The van der Waals surface area contributed by atoms with Gasteiger partial charge in [-0.1, -0.05) is 32.0 Å². The molecule has 3 aromatic rings. The summed E-state index contributed by atoms with van der Waals surface area (Å²) in [5.41, 5.74) is 1.98. The Bertz CT molecular complexity index is 787. The van der Waals surface area contributed by atoms with Gasteiger partial charge in [-0.2, -0.15) is 5.10 Å². The van der Waals surface area contributed by atoms with E-state index in [1.807, 2.05) is 36.4 Å². The van der Waals surface area contributed by atoms with E-state index in [0.717, 1.165) is 18.5 Å². The third kappa shape index (κ3) is 3.25. The van der Waals surface area contributed by atoms with E-state index in [4.69, 9.17) is 4.42 Å². The van der Waals surface area contributed by atoms with Crippen LogP contribution in [-0.4, -0.2) is 21.7 Å². The van der Waals surface area contributed by atoms with Gasteiger partial charge in [-0.3, -0.25) is 4.79 Å². The Morgan fingerprint density at radius 2 is 1.92 bits per heavy atom. The second kappa shape index (κ2) is 7.17. The molecule has 0 radical (unpaired) electrons. The highest BCUT2D eigenvalue weighted by Crippen LogP contribution is 2.22. The molecule has 0 saturated heterocycles. The predicted molar refractivity (Wildman–Crippen MR) is 93.1 cm³/mol. The number of rotatable bonds is 6. The van der Waals surface area contributed by atoms with Crippen molar-refractivity contribution in [2.24, 2.45) is 0 Å². The normalized spacial score (nSPS) is 11.0. The van der Waals surface area contributed by atoms with Gasteiger partial charge in [0.2, 0.25) is 0 Å². The number of para-hydroxylation sites is 1. The van der Waals surface area contributed by atoms with Crippen LogP contribution in [0.4, 0.5) is 0 Å². The first kappa shape index (κ1) is 16.1. The zero-order valence-electron chi connectivity index (χ0n) is 13.9. The summed E-state index contributed by atoms with van der Waals surface area (Å²) in [6.45, 7) is 4.13. The molecule has 5 heteroatoms. The molecule has 0 unspecified atom stereocenters. The van der Waals surface area contributed by atoms with Crippen LogP contribution in [0.15, 0.2) is 59.2 Å². The molecule has 5 nitrogen and oxygen atoms in total. The topological polar surface area (TPSA) is 60.1 Å². The van der Waals surface area contributed by atoms with Crippen molar-refractivity contribution in [2.45, 2.75) is 32.7 Å². The standard InChI is InChI=1S/C19H21N3O2/c1-3-14(4-2)20-19(23)17-13-16(18-11-8-12-24-18)21-22(17)15-9-6-5-7-10-15/h5-14H,3-4H2,1-2H3,(H,20,23). The summed E-state index contributed by atoms with van der Waals surface area (Å²) in [4.78, 5) is 12.7. The summed E-state index contributed by atoms with van der Waals surface area (Å²) in [5, 5.41) is 7.64. The van der Waals surface area contributed by atoms with Crippen LogP contribution in [0.25, 0.3) is 17.1 Å². The molecular formula is C19H21N3O2. The number of carbonyl (C=O) groups excluding carboxylic acids is 1. The number of benzene rings is 1. The minimum absolute atomic E-state index is 0.127. The Balaban J connectivity index is 2.01. The van der Waals surface area contributed by atoms with E-state index in [2.05, 4.69) is 24.3 Å². The van der Waals surface area contributed by atoms with Crippen LogP contribution in [-0.2, 0) is 0 Å². The highest BCUT2D eigenvalue weighted by atomic mass is 16.3. The minimum atomic E-state index is -0.127. The van der Waals surface area contributed by atoms with E-state index in [0.29, 0.717) is 17.1 Å². The van der Waals surface area contributed by atoms with Crippen molar-refractivity contribution < 1.29 is 9.21 Å². The van der Waals surface area contributed by atoms with Crippen molar-refractivity contribution in [1.82, 2.24) is 15.1 Å². The maximum absolute atomic E-state index is 12.7. The van der Waals surface area contributed by atoms with E-state index in [9.17, 15) is 4.79 Å². The summed E-state index contributed by atoms with van der Waals surface area (Å²) >= 11 is 0. The largest absolute Gasteiger partial charge is 0.463 e. The summed E-state index contributed by atoms with van der Waals surface area (Å²) in [7, 11) is 0. The van der Waals surface area contributed by atoms with Crippen LogP contribution < -0.4 is 5.32 Å². The maximum Gasteiger partial charge on any atom is 0.270 e. The smallest absolute Gasteiger partial charge is 0.270 e. The third-order valence-electron chi connectivity index (χ3n) is 4.04. The van der Waals surface area contributed by atoms with Gasteiger partial charge < -0.3 is 9.73 Å². The molecule has 124 valence electrons. The second-order valence-electron chi connectivity index (χ2n) is 5.63. The van der Waals surface area contributed by atoms with Crippen LogP contribution in [0.2, 0.25) is 0 Å². The number of nitrogens with one attached hydrogen (secondary N) is 1. The van der Waals surface area contributed by atoms with E-state index >= 15 is 0 Å². The molecule has 0 aliphatic carbocycles. The molecule has 3 rings (SSSR count). The number of aromatic nitrogens is 2. The molecular weight excluding hydrogens is 302 g/mol. The number of carbonyl (C=O) groups is 1. The molecule has 0 atom stereocenters. The van der Waals surface area contributed by atoms with Gasteiger partial charge in [0.1, 0.15) is 11.4 Å². The highest BCUT2D eigenvalue weighted by molar-refractivity contribution is 5.94. The Labute approximate surface area is 141 Å². The van der Waals surface area contributed by atoms with Gasteiger partial charge in [-0.05, 0) is 37.1 Å². The van der Waals surface area contributed by atoms with Crippen LogP contribution in [0, 0.1) is 0 Å². The minimum Gasteiger partial charge on any atom is -0.463 e. The van der Waals surface area contributed by atoms with Gasteiger partial charge in [0.25, 0.3) is 5.91 Å². The highest BCUT2D eigenvalue weighted by Gasteiger charge is 2.20. The fourth-order valence-electron chi connectivity index (χ4n) is 2.61. The maximum atomic E-state index is 12.7. The molecule has 1 amide bonds. The number of nitrogens with zero attached hydrogens (tertiary/aromatic N) is 2. The lowest BCUT2D eigenvalue weighted by molar-refractivity contribution is 0.0927. The van der Waals surface area contributed by atoms with Crippen LogP contribution in [0.5, 0.6) is 0 Å². The van der Waals surface area contributed by atoms with E-state index in [1.165, 1.54) is 0 Å². The van der Waals surface area contributed by atoms with Gasteiger partial charge >= 0.3 is 0 Å². The first-order valence-corrected chi connectivity index (χ1v) is 8.23. The summed E-state index contributed by atoms with van der Waals surface area (Å²) in [6.07, 6.45) is 3.39. The van der Waals surface area contributed by atoms with Crippen molar-refractivity contribution in [3.63, 3.8) is 0 Å². The molecule has 2 heterocycles. The fourth-order valence-corrected chi connectivity index (χ4v) is 2.61. The quantitative estimate of drug-likeness (QED) is 0.744. The Kier molecular flexibility index (Phi) is 4.79. The molecule has 1 aromatic carbocycles. The van der Waals surface area contributed by atoms with Gasteiger partial charge in [0.05, 0.1) is 12.0 Å². The lowest BCUT2D eigenvalue weighted by Gasteiger charge is -2.15. The Morgan fingerprint density at radius 1 is 1.17 bits per heavy atom. The Morgan fingerprint density at radius 3 is 2.54 bits per heavy atom. The number of amides is 1. The lowest BCUT2D eigenvalue weighted by atomic mass is 10.1. The average Bonchev–Trinajstić information content (AvgIpc) is 3.29. The zero-order chi connectivity index (χ0) is 16.9. The lowest BCUT2D eigenvalue weighted by Crippen LogP contribution is -2.35. The van der Waals surface area contributed by atoms with Crippen molar-refractivity contribution in [2.75, 3.05) is 0 Å². The molecule has 1 N–H and O–H groups in total. The molecule has 0 spiro atoms. The van der Waals surface area contributed by atoms with Crippen molar-refractivity contribution in [1.29, 1.82) is 0 Å². The van der Waals surface area contributed by atoms with Crippen LogP contribution in [0.3, 0.4) is 0 Å². The molecule has 0 saturated carbocycles. The first-order chi connectivity index (χ1) is 11.7. The molecule has 0 aliphatic rings. The van der Waals surface area contributed by atoms with Gasteiger partial charge in [-0.25, -0.2) is 4.68 Å². The number of furan rings is 1. The SMILES string of the molecule is CCC(CC)NC(=O)c1cc(-c2ccco2)nn1-c1ccccc1. The van der Waals surface area contributed by atoms with Gasteiger partial charge in [0, 0.05) is 12.1 Å². The summed E-state index contributed by atoms with van der Waals surface area (Å²) in [6, 6.07) is 15.2. The molecule has 24 heavy (non-hydrogen) atoms. The monoisotopic (exact) mass is 323 g/mol. The predicted octanol–water partition coefficient (Wildman–Crippen LogP) is 4.05. The molecule has 0 bridgehead atoms. The average molecular weight is 323 g/mol. The van der Waals surface area contributed by atoms with Gasteiger partial charge in [0.15, 0.2) is 5.76 Å². The summed E-state index contributed by atoms with van der Waals surface area (Å²) in [5.74, 6) is 0.513. The van der Waals surface area contributed by atoms with E-state index in [-0.39, 0.29) is 11.9 Å². The third-order valence-corrected chi connectivity index (χ3v) is 4.04. The van der Waals surface area contributed by atoms with Crippen molar-refractivity contribution >= 4 is 5.91 Å². The fraction of sp³-hybridized carbons (Fsp3) is 0.263. The number of hydrogen-bond donors (Lipinski definition) is 1. The number of hydrogen-bond acceptors (Lipinski definition) is 3. The first-order valence-electron chi connectivity index (χ1n) is 8.23. The van der Waals surface area contributed by atoms with Crippen LogP contribution >= 0.6 is 0 Å². The van der Waals surface area contributed by atoms with E-state index < -0.39 is 0 Å². The van der Waals surface area contributed by atoms with Gasteiger partial charge in [-0.15, -0.1) is 0 Å².